The minimum atomic E-state index is 0.157. The predicted octanol–water partition coefficient (Wildman–Crippen LogP) is 2.56. The van der Waals surface area contributed by atoms with E-state index in [2.05, 4.69) is 31.7 Å². The highest BCUT2D eigenvalue weighted by Gasteiger charge is 2.17. The Kier molecular flexibility index (Phi) is 5.29. The summed E-state index contributed by atoms with van der Waals surface area (Å²) in [6.45, 7) is 7.20. The SMILES string of the molecule is CCC(CC)N(CCO)c1cc(C)ccc1N. The summed E-state index contributed by atoms with van der Waals surface area (Å²) in [7, 11) is 0. The molecule has 1 aromatic carbocycles. The summed E-state index contributed by atoms with van der Waals surface area (Å²) in [5.74, 6) is 0. The Morgan fingerprint density at radius 1 is 1.29 bits per heavy atom. The van der Waals surface area contributed by atoms with Crippen molar-refractivity contribution in [1.29, 1.82) is 0 Å². The molecule has 0 atom stereocenters. The van der Waals surface area contributed by atoms with Gasteiger partial charge in [-0.1, -0.05) is 19.9 Å². The van der Waals surface area contributed by atoms with Gasteiger partial charge in [0.1, 0.15) is 0 Å². The molecular weight excluding hydrogens is 212 g/mol. The molecule has 0 saturated heterocycles. The third-order valence-electron chi connectivity index (χ3n) is 3.22. The quantitative estimate of drug-likeness (QED) is 0.746. The third-order valence-corrected chi connectivity index (χ3v) is 3.22. The van der Waals surface area contributed by atoms with Crippen LogP contribution in [0.4, 0.5) is 11.4 Å². The average molecular weight is 236 g/mol. The Labute approximate surface area is 104 Å². The molecule has 0 heterocycles. The monoisotopic (exact) mass is 236 g/mol. The molecule has 17 heavy (non-hydrogen) atoms. The van der Waals surface area contributed by atoms with Crippen LogP contribution >= 0.6 is 0 Å². The van der Waals surface area contributed by atoms with Gasteiger partial charge in [-0.15, -0.1) is 0 Å². The molecule has 0 amide bonds. The summed E-state index contributed by atoms with van der Waals surface area (Å²) < 4.78 is 0. The number of benzene rings is 1. The fraction of sp³-hybridized carbons (Fsp3) is 0.571. The fourth-order valence-corrected chi connectivity index (χ4v) is 2.24. The van der Waals surface area contributed by atoms with Gasteiger partial charge in [-0.2, -0.15) is 0 Å². The molecule has 0 radical (unpaired) electrons. The van der Waals surface area contributed by atoms with Gasteiger partial charge in [-0.25, -0.2) is 0 Å². The van der Waals surface area contributed by atoms with Crippen LogP contribution in [0.15, 0.2) is 18.2 Å². The zero-order valence-electron chi connectivity index (χ0n) is 11.1. The van der Waals surface area contributed by atoms with Crippen molar-refractivity contribution < 1.29 is 5.11 Å². The molecule has 0 aliphatic heterocycles. The third kappa shape index (κ3) is 3.37. The summed E-state index contributed by atoms with van der Waals surface area (Å²) in [6, 6.07) is 6.50. The Balaban J connectivity index is 3.07. The van der Waals surface area contributed by atoms with Gasteiger partial charge in [-0.05, 0) is 37.5 Å². The van der Waals surface area contributed by atoms with Crippen LogP contribution < -0.4 is 10.6 Å². The number of hydrogen-bond donors (Lipinski definition) is 2. The van der Waals surface area contributed by atoms with E-state index in [1.165, 1.54) is 5.56 Å². The van der Waals surface area contributed by atoms with Crippen LogP contribution in [-0.2, 0) is 0 Å². The number of aliphatic hydroxyl groups excluding tert-OH is 1. The zero-order chi connectivity index (χ0) is 12.8. The number of nitrogens with two attached hydrogens (primary N) is 1. The van der Waals surface area contributed by atoms with E-state index >= 15 is 0 Å². The maximum absolute atomic E-state index is 9.22. The van der Waals surface area contributed by atoms with Crippen LogP contribution in [0.25, 0.3) is 0 Å². The van der Waals surface area contributed by atoms with Gasteiger partial charge in [0.05, 0.1) is 18.0 Å². The molecule has 0 unspecified atom stereocenters. The van der Waals surface area contributed by atoms with E-state index in [9.17, 15) is 5.11 Å². The lowest BCUT2D eigenvalue weighted by atomic mass is 10.1. The summed E-state index contributed by atoms with van der Waals surface area (Å²) in [4.78, 5) is 2.22. The van der Waals surface area contributed by atoms with Crippen molar-refractivity contribution in [3.63, 3.8) is 0 Å². The number of hydrogen-bond acceptors (Lipinski definition) is 3. The van der Waals surface area contributed by atoms with Crippen LogP contribution in [0.1, 0.15) is 32.3 Å². The molecule has 3 nitrogen and oxygen atoms in total. The van der Waals surface area contributed by atoms with Crippen molar-refractivity contribution in [2.45, 2.75) is 39.7 Å². The van der Waals surface area contributed by atoms with E-state index in [1.807, 2.05) is 12.1 Å². The Morgan fingerprint density at radius 3 is 2.47 bits per heavy atom. The summed E-state index contributed by atoms with van der Waals surface area (Å²) in [5.41, 5.74) is 9.08. The molecule has 0 aliphatic rings. The minimum Gasteiger partial charge on any atom is -0.397 e. The largest absolute Gasteiger partial charge is 0.397 e. The predicted molar refractivity (Wildman–Crippen MR) is 74.4 cm³/mol. The second-order valence-corrected chi connectivity index (χ2v) is 4.45. The molecule has 0 fully saturated rings. The second-order valence-electron chi connectivity index (χ2n) is 4.45. The molecule has 1 aromatic rings. The van der Waals surface area contributed by atoms with Crippen LogP contribution in [0.5, 0.6) is 0 Å². The van der Waals surface area contributed by atoms with Crippen LogP contribution in [-0.4, -0.2) is 24.3 Å². The smallest absolute Gasteiger partial charge is 0.0606 e. The van der Waals surface area contributed by atoms with E-state index in [1.54, 1.807) is 0 Å². The minimum absolute atomic E-state index is 0.157. The molecule has 0 saturated carbocycles. The zero-order valence-corrected chi connectivity index (χ0v) is 11.1. The fourth-order valence-electron chi connectivity index (χ4n) is 2.24. The molecule has 0 aromatic heterocycles. The Bertz CT molecular complexity index is 348. The van der Waals surface area contributed by atoms with Crippen molar-refractivity contribution in [1.82, 2.24) is 0 Å². The van der Waals surface area contributed by atoms with Gasteiger partial charge in [0, 0.05) is 12.6 Å². The van der Waals surface area contributed by atoms with E-state index < -0.39 is 0 Å². The summed E-state index contributed by atoms with van der Waals surface area (Å²) in [5, 5.41) is 9.22. The highest BCUT2D eigenvalue weighted by Crippen LogP contribution is 2.27. The summed E-state index contributed by atoms with van der Waals surface area (Å²) in [6.07, 6.45) is 2.12. The van der Waals surface area contributed by atoms with Crippen molar-refractivity contribution in [2.75, 3.05) is 23.8 Å². The second kappa shape index (κ2) is 6.50. The molecular formula is C14H24N2O. The number of aliphatic hydroxyl groups is 1. The maximum atomic E-state index is 9.22. The Hall–Kier alpha value is -1.22. The topological polar surface area (TPSA) is 49.5 Å². The van der Waals surface area contributed by atoms with Crippen LogP contribution in [0.3, 0.4) is 0 Å². The highest BCUT2D eigenvalue weighted by molar-refractivity contribution is 5.69. The lowest BCUT2D eigenvalue weighted by Crippen LogP contribution is -2.37. The van der Waals surface area contributed by atoms with Crippen molar-refractivity contribution in [3.8, 4) is 0 Å². The van der Waals surface area contributed by atoms with Gasteiger partial charge in [0.2, 0.25) is 0 Å². The van der Waals surface area contributed by atoms with Gasteiger partial charge >= 0.3 is 0 Å². The normalized spacial score (nSPS) is 10.9. The molecule has 0 aliphatic carbocycles. The van der Waals surface area contributed by atoms with Crippen molar-refractivity contribution >= 4 is 11.4 Å². The van der Waals surface area contributed by atoms with E-state index in [-0.39, 0.29) is 6.61 Å². The van der Waals surface area contributed by atoms with E-state index in [0.717, 1.165) is 24.2 Å². The first-order valence-electron chi connectivity index (χ1n) is 6.37. The molecule has 0 bridgehead atoms. The first-order valence-corrected chi connectivity index (χ1v) is 6.37. The van der Waals surface area contributed by atoms with Gasteiger partial charge in [0.25, 0.3) is 0 Å². The van der Waals surface area contributed by atoms with Gasteiger partial charge in [-0.3, -0.25) is 0 Å². The van der Waals surface area contributed by atoms with E-state index in [4.69, 9.17) is 5.73 Å². The maximum Gasteiger partial charge on any atom is 0.0606 e. The lowest BCUT2D eigenvalue weighted by molar-refractivity contribution is 0.296. The highest BCUT2D eigenvalue weighted by atomic mass is 16.3. The number of nitrogen functional groups attached to an aromatic ring is 1. The van der Waals surface area contributed by atoms with E-state index in [0.29, 0.717) is 12.6 Å². The van der Waals surface area contributed by atoms with Crippen molar-refractivity contribution in [2.24, 2.45) is 0 Å². The first kappa shape index (κ1) is 13.8. The Morgan fingerprint density at radius 2 is 1.94 bits per heavy atom. The lowest BCUT2D eigenvalue weighted by Gasteiger charge is -2.33. The number of rotatable bonds is 6. The number of aryl methyl sites for hydroxylation is 1. The molecule has 3 N–H and O–H groups in total. The molecule has 96 valence electrons. The number of nitrogens with zero attached hydrogens (tertiary/aromatic N) is 1. The average Bonchev–Trinajstić information content (AvgIpc) is 2.33. The molecule has 3 heteroatoms. The van der Waals surface area contributed by atoms with Crippen LogP contribution in [0, 0.1) is 6.92 Å². The number of anilines is 2. The molecule has 1 rings (SSSR count). The first-order chi connectivity index (χ1) is 8.13. The van der Waals surface area contributed by atoms with Crippen LogP contribution in [0.2, 0.25) is 0 Å². The standard InChI is InChI=1S/C14H24N2O/c1-4-12(5-2)16(8-9-17)14-10-11(3)6-7-13(14)15/h6-7,10,12,17H,4-5,8-9,15H2,1-3H3. The molecule has 0 spiro atoms. The van der Waals surface area contributed by atoms with Gasteiger partial charge in [0.15, 0.2) is 0 Å². The van der Waals surface area contributed by atoms with Gasteiger partial charge < -0.3 is 15.7 Å². The van der Waals surface area contributed by atoms with Crippen molar-refractivity contribution in [3.05, 3.63) is 23.8 Å². The summed E-state index contributed by atoms with van der Waals surface area (Å²) >= 11 is 0.